The number of aromatic nitrogens is 1. The number of carbonyl (C=O) groups is 1. The fourth-order valence-electron chi connectivity index (χ4n) is 2.78. The molecule has 0 unspecified atom stereocenters. The lowest BCUT2D eigenvalue weighted by atomic mass is 10.1. The van der Waals surface area contributed by atoms with Crippen LogP contribution in [-0.4, -0.2) is 24.1 Å². The third-order valence-corrected chi connectivity index (χ3v) is 5.12. The summed E-state index contributed by atoms with van der Waals surface area (Å²) in [5, 5.41) is 5.46. The summed E-state index contributed by atoms with van der Waals surface area (Å²) in [5.74, 6) is 1.54. The van der Waals surface area contributed by atoms with Crippen molar-refractivity contribution < 1.29 is 14.3 Å². The molecule has 0 saturated carbocycles. The van der Waals surface area contributed by atoms with Crippen LogP contribution in [-0.2, 0) is 11.2 Å². The van der Waals surface area contributed by atoms with Crippen molar-refractivity contribution in [2.45, 2.75) is 33.1 Å². The topological polar surface area (TPSA) is 60.5 Å². The first-order valence-corrected chi connectivity index (χ1v) is 10.8. The van der Waals surface area contributed by atoms with Gasteiger partial charge in [0.25, 0.3) is 0 Å². The van der Waals surface area contributed by atoms with E-state index >= 15 is 0 Å². The maximum Gasteiger partial charge on any atom is 0.226 e. The Hall–Kier alpha value is -2.86. The van der Waals surface area contributed by atoms with E-state index in [1.807, 2.05) is 36.6 Å². The van der Waals surface area contributed by atoms with Gasteiger partial charge in [0, 0.05) is 17.4 Å². The van der Waals surface area contributed by atoms with E-state index in [4.69, 9.17) is 9.47 Å². The minimum absolute atomic E-state index is 0.0532. The molecular weight excluding hydrogens is 384 g/mol. The third-order valence-electron chi connectivity index (χ3n) is 4.36. The Balaban J connectivity index is 1.41. The Labute approximate surface area is 175 Å². The van der Waals surface area contributed by atoms with Crippen molar-refractivity contribution in [3.05, 3.63) is 59.5 Å². The number of anilines is 1. The van der Waals surface area contributed by atoms with Gasteiger partial charge >= 0.3 is 0 Å². The standard InChI is InChI=1S/C23H26N2O3S/c1-3-17-7-9-18(10-8-17)21-16-29-23(24-21)25-22(26)6-5-15-28-20-13-11-19(12-14-20)27-4-2/h7-14,16H,3-6,15H2,1-2H3,(H,24,25,26). The van der Waals surface area contributed by atoms with Crippen LogP contribution in [0.2, 0.25) is 0 Å². The Morgan fingerprint density at radius 1 is 1.00 bits per heavy atom. The van der Waals surface area contributed by atoms with Crippen LogP contribution < -0.4 is 14.8 Å². The minimum Gasteiger partial charge on any atom is -0.494 e. The van der Waals surface area contributed by atoms with Crippen LogP contribution in [0.3, 0.4) is 0 Å². The molecule has 1 aromatic heterocycles. The zero-order chi connectivity index (χ0) is 20.5. The van der Waals surface area contributed by atoms with Crippen molar-refractivity contribution >= 4 is 22.4 Å². The van der Waals surface area contributed by atoms with Gasteiger partial charge < -0.3 is 14.8 Å². The number of nitrogens with zero attached hydrogens (tertiary/aromatic N) is 1. The summed E-state index contributed by atoms with van der Waals surface area (Å²) < 4.78 is 11.1. The predicted octanol–water partition coefficient (Wildman–Crippen LogP) is 5.57. The van der Waals surface area contributed by atoms with Crippen molar-refractivity contribution in [1.82, 2.24) is 4.98 Å². The van der Waals surface area contributed by atoms with Gasteiger partial charge in [-0.2, -0.15) is 0 Å². The second kappa shape index (κ2) is 10.6. The van der Waals surface area contributed by atoms with Gasteiger partial charge in [-0.1, -0.05) is 31.2 Å². The molecule has 3 rings (SSSR count). The Morgan fingerprint density at radius 3 is 2.34 bits per heavy atom. The first-order valence-electron chi connectivity index (χ1n) is 9.88. The number of nitrogens with one attached hydrogen (secondary N) is 1. The molecule has 0 aliphatic heterocycles. The smallest absolute Gasteiger partial charge is 0.226 e. The SMILES string of the molecule is CCOc1ccc(OCCCC(=O)Nc2nc(-c3ccc(CC)cc3)cs2)cc1. The van der Waals surface area contributed by atoms with Crippen LogP contribution in [0.4, 0.5) is 5.13 Å². The molecule has 0 atom stereocenters. The molecule has 0 radical (unpaired) electrons. The van der Waals surface area contributed by atoms with Crippen LogP contribution in [0.1, 0.15) is 32.3 Å². The molecule has 0 spiro atoms. The highest BCUT2D eigenvalue weighted by Gasteiger charge is 2.08. The van der Waals surface area contributed by atoms with Crippen LogP contribution in [0, 0.1) is 0 Å². The maximum absolute atomic E-state index is 12.2. The number of ether oxygens (including phenoxy) is 2. The zero-order valence-electron chi connectivity index (χ0n) is 16.8. The van der Waals surface area contributed by atoms with Crippen LogP contribution in [0.25, 0.3) is 11.3 Å². The summed E-state index contributed by atoms with van der Waals surface area (Å²) in [7, 11) is 0. The van der Waals surface area contributed by atoms with Crippen LogP contribution >= 0.6 is 11.3 Å². The molecule has 1 heterocycles. The van der Waals surface area contributed by atoms with Crippen molar-refractivity contribution in [2.75, 3.05) is 18.5 Å². The summed E-state index contributed by atoms with van der Waals surface area (Å²) in [5.41, 5.74) is 3.24. The number of hydrogen-bond donors (Lipinski definition) is 1. The van der Waals surface area contributed by atoms with Crippen LogP contribution in [0.5, 0.6) is 11.5 Å². The molecule has 1 N–H and O–H groups in total. The average Bonchev–Trinajstić information content (AvgIpc) is 3.21. The maximum atomic E-state index is 12.2. The molecule has 0 fully saturated rings. The van der Waals surface area contributed by atoms with Gasteiger partial charge in [-0.25, -0.2) is 4.98 Å². The fourth-order valence-corrected chi connectivity index (χ4v) is 3.51. The molecule has 0 bridgehead atoms. The molecular formula is C23H26N2O3S. The highest BCUT2D eigenvalue weighted by Crippen LogP contribution is 2.25. The van der Waals surface area contributed by atoms with E-state index in [1.54, 1.807) is 0 Å². The Kier molecular flexibility index (Phi) is 7.64. The molecule has 1 amide bonds. The van der Waals surface area contributed by atoms with E-state index in [1.165, 1.54) is 16.9 Å². The lowest BCUT2D eigenvalue weighted by molar-refractivity contribution is -0.116. The van der Waals surface area contributed by atoms with Gasteiger partial charge in [0.1, 0.15) is 11.5 Å². The number of carbonyl (C=O) groups excluding carboxylic acids is 1. The number of thiazole rings is 1. The van der Waals surface area contributed by atoms with Crippen molar-refractivity contribution in [3.8, 4) is 22.8 Å². The van der Waals surface area contributed by atoms with E-state index in [9.17, 15) is 4.79 Å². The van der Waals surface area contributed by atoms with Gasteiger partial charge in [-0.05, 0) is 49.6 Å². The average molecular weight is 411 g/mol. The molecule has 6 heteroatoms. The summed E-state index contributed by atoms with van der Waals surface area (Å²) >= 11 is 1.44. The third kappa shape index (κ3) is 6.32. The monoisotopic (exact) mass is 410 g/mol. The number of rotatable bonds is 10. The molecule has 3 aromatic rings. The van der Waals surface area contributed by atoms with E-state index in [-0.39, 0.29) is 5.91 Å². The quantitative estimate of drug-likeness (QED) is 0.444. The van der Waals surface area contributed by atoms with Crippen molar-refractivity contribution in [3.63, 3.8) is 0 Å². The predicted molar refractivity (Wildman–Crippen MR) is 118 cm³/mol. The molecule has 152 valence electrons. The molecule has 29 heavy (non-hydrogen) atoms. The first-order chi connectivity index (χ1) is 14.2. The largest absolute Gasteiger partial charge is 0.494 e. The van der Waals surface area contributed by atoms with Gasteiger partial charge in [-0.3, -0.25) is 4.79 Å². The molecule has 2 aromatic carbocycles. The molecule has 0 saturated heterocycles. The zero-order valence-corrected chi connectivity index (χ0v) is 17.6. The fraction of sp³-hybridized carbons (Fsp3) is 0.304. The van der Waals surface area contributed by atoms with E-state index < -0.39 is 0 Å². The summed E-state index contributed by atoms with van der Waals surface area (Å²) in [4.78, 5) is 16.7. The second-order valence-electron chi connectivity index (χ2n) is 6.49. The number of benzene rings is 2. The van der Waals surface area contributed by atoms with Gasteiger partial charge in [-0.15, -0.1) is 11.3 Å². The Bertz CT molecular complexity index is 905. The van der Waals surface area contributed by atoms with Gasteiger partial charge in [0.2, 0.25) is 5.91 Å². The number of aryl methyl sites for hydroxylation is 1. The summed E-state index contributed by atoms with van der Waals surface area (Å²) in [6.07, 6.45) is 2.04. The van der Waals surface area contributed by atoms with Gasteiger partial charge in [0.15, 0.2) is 5.13 Å². The molecule has 0 aliphatic carbocycles. The van der Waals surface area contributed by atoms with E-state index in [0.29, 0.717) is 31.2 Å². The molecule has 5 nitrogen and oxygen atoms in total. The summed E-state index contributed by atoms with van der Waals surface area (Å²) in [6.45, 7) is 5.20. The highest BCUT2D eigenvalue weighted by molar-refractivity contribution is 7.14. The van der Waals surface area contributed by atoms with E-state index in [2.05, 4.69) is 41.5 Å². The van der Waals surface area contributed by atoms with Gasteiger partial charge in [0.05, 0.1) is 18.9 Å². The second-order valence-corrected chi connectivity index (χ2v) is 7.35. The molecule has 0 aliphatic rings. The lowest BCUT2D eigenvalue weighted by Gasteiger charge is -2.07. The van der Waals surface area contributed by atoms with Crippen molar-refractivity contribution in [1.29, 1.82) is 0 Å². The highest BCUT2D eigenvalue weighted by atomic mass is 32.1. The normalized spacial score (nSPS) is 10.6. The minimum atomic E-state index is -0.0532. The van der Waals surface area contributed by atoms with Crippen molar-refractivity contribution in [2.24, 2.45) is 0 Å². The lowest BCUT2D eigenvalue weighted by Crippen LogP contribution is -2.12. The van der Waals surface area contributed by atoms with E-state index in [0.717, 1.165) is 29.2 Å². The Morgan fingerprint density at radius 2 is 1.69 bits per heavy atom. The number of hydrogen-bond acceptors (Lipinski definition) is 5. The first kappa shape index (κ1) is 20.9. The van der Waals surface area contributed by atoms with Crippen LogP contribution in [0.15, 0.2) is 53.9 Å². The number of amides is 1. The summed E-state index contributed by atoms with van der Waals surface area (Å²) in [6, 6.07) is 15.8.